The standard InChI is InChI=1S/C15H14BrClFN/c1-9-7-10(5-6-12(9)16)14(19)8-11-3-2-4-13(18)15(11)17/h2-7,14H,8,19H2,1H3. The smallest absolute Gasteiger partial charge is 0.142 e. The van der Waals surface area contributed by atoms with E-state index in [-0.39, 0.29) is 11.1 Å². The summed E-state index contributed by atoms with van der Waals surface area (Å²) in [5.74, 6) is -0.404. The van der Waals surface area contributed by atoms with Gasteiger partial charge in [0.25, 0.3) is 0 Å². The quantitative estimate of drug-likeness (QED) is 0.852. The summed E-state index contributed by atoms with van der Waals surface area (Å²) >= 11 is 9.40. The first-order chi connectivity index (χ1) is 8.99. The van der Waals surface area contributed by atoms with Crippen LogP contribution in [0.4, 0.5) is 4.39 Å². The summed E-state index contributed by atoms with van der Waals surface area (Å²) in [5, 5.41) is 0.159. The first-order valence-corrected chi connectivity index (χ1v) is 7.10. The third kappa shape index (κ3) is 3.35. The van der Waals surface area contributed by atoms with Gasteiger partial charge in [0.05, 0.1) is 5.02 Å². The molecule has 0 saturated heterocycles. The number of halogens is 3. The molecule has 4 heteroatoms. The second-order valence-electron chi connectivity index (χ2n) is 4.53. The van der Waals surface area contributed by atoms with Gasteiger partial charge in [-0.2, -0.15) is 0 Å². The molecular formula is C15H14BrClFN. The first-order valence-electron chi connectivity index (χ1n) is 5.93. The SMILES string of the molecule is Cc1cc(C(N)Cc2cccc(F)c2Cl)ccc1Br. The van der Waals surface area contributed by atoms with Crippen molar-refractivity contribution in [2.45, 2.75) is 19.4 Å². The summed E-state index contributed by atoms with van der Waals surface area (Å²) in [6, 6.07) is 10.6. The van der Waals surface area contributed by atoms with E-state index in [0.717, 1.165) is 21.2 Å². The Morgan fingerprint density at radius 3 is 2.74 bits per heavy atom. The lowest BCUT2D eigenvalue weighted by Crippen LogP contribution is -2.14. The number of rotatable bonds is 3. The van der Waals surface area contributed by atoms with Crippen molar-refractivity contribution in [3.63, 3.8) is 0 Å². The zero-order valence-corrected chi connectivity index (χ0v) is 12.8. The zero-order chi connectivity index (χ0) is 14.0. The van der Waals surface area contributed by atoms with Gasteiger partial charge < -0.3 is 5.73 Å². The molecule has 0 aliphatic heterocycles. The van der Waals surface area contributed by atoms with Crippen molar-refractivity contribution in [1.29, 1.82) is 0 Å². The lowest BCUT2D eigenvalue weighted by atomic mass is 9.98. The van der Waals surface area contributed by atoms with Crippen LogP contribution in [0.3, 0.4) is 0 Å². The molecule has 0 saturated carbocycles. The molecule has 0 aliphatic rings. The Morgan fingerprint density at radius 2 is 2.05 bits per heavy atom. The van der Waals surface area contributed by atoms with Gasteiger partial charge in [-0.15, -0.1) is 0 Å². The van der Waals surface area contributed by atoms with Crippen molar-refractivity contribution < 1.29 is 4.39 Å². The van der Waals surface area contributed by atoms with Crippen molar-refractivity contribution >= 4 is 27.5 Å². The minimum absolute atomic E-state index is 0.159. The van der Waals surface area contributed by atoms with Crippen LogP contribution < -0.4 is 5.73 Å². The largest absolute Gasteiger partial charge is 0.324 e. The van der Waals surface area contributed by atoms with Crippen molar-refractivity contribution in [3.05, 3.63) is 68.4 Å². The molecule has 0 spiro atoms. The van der Waals surface area contributed by atoms with Crippen LogP contribution >= 0.6 is 27.5 Å². The average molecular weight is 343 g/mol. The average Bonchev–Trinajstić information content (AvgIpc) is 2.38. The van der Waals surface area contributed by atoms with Gasteiger partial charge in [0, 0.05) is 10.5 Å². The van der Waals surface area contributed by atoms with Gasteiger partial charge in [-0.05, 0) is 42.2 Å². The van der Waals surface area contributed by atoms with Crippen molar-refractivity contribution in [3.8, 4) is 0 Å². The summed E-state index contributed by atoms with van der Waals surface area (Å²) in [6.45, 7) is 2.01. The van der Waals surface area contributed by atoms with Crippen LogP contribution in [0, 0.1) is 12.7 Å². The fraction of sp³-hybridized carbons (Fsp3) is 0.200. The van der Waals surface area contributed by atoms with Gasteiger partial charge in [-0.25, -0.2) is 4.39 Å². The highest BCUT2D eigenvalue weighted by Crippen LogP contribution is 2.26. The molecule has 2 N–H and O–H groups in total. The molecular weight excluding hydrogens is 329 g/mol. The van der Waals surface area contributed by atoms with Crippen LogP contribution in [0.15, 0.2) is 40.9 Å². The van der Waals surface area contributed by atoms with Gasteiger partial charge in [0.2, 0.25) is 0 Å². The number of nitrogens with two attached hydrogens (primary N) is 1. The van der Waals surface area contributed by atoms with E-state index in [1.165, 1.54) is 6.07 Å². The number of benzene rings is 2. The van der Waals surface area contributed by atoms with E-state index < -0.39 is 5.82 Å². The van der Waals surface area contributed by atoms with Crippen LogP contribution in [0.25, 0.3) is 0 Å². The maximum absolute atomic E-state index is 13.4. The molecule has 1 atom stereocenters. The molecule has 0 aromatic heterocycles. The maximum atomic E-state index is 13.4. The molecule has 0 bridgehead atoms. The summed E-state index contributed by atoms with van der Waals surface area (Å²) in [4.78, 5) is 0. The van der Waals surface area contributed by atoms with Crippen molar-refractivity contribution in [2.24, 2.45) is 5.73 Å². The number of hydrogen-bond donors (Lipinski definition) is 1. The predicted octanol–water partition coefficient (Wildman–Crippen LogP) is 4.79. The fourth-order valence-electron chi connectivity index (χ4n) is 1.96. The number of aryl methyl sites for hydroxylation is 1. The predicted molar refractivity (Wildman–Crippen MR) is 80.9 cm³/mol. The second-order valence-corrected chi connectivity index (χ2v) is 5.76. The van der Waals surface area contributed by atoms with Crippen LogP contribution in [0.1, 0.15) is 22.7 Å². The van der Waals surface area contributed by atoms with E-state index in [1.54, 1.807) is 12.1 Å². The van der Waals surface area contributed by atoms with Crippen molar-refractivity contribution in [2.75, 3.05) is 0 Å². The minimum Gasteiger partial charge on any atom is -0.324 e. The van der Waals surface area contributed by atoms with Gasteiger partial charge in [0.15, 0.2) is 0 Å². The van der Waals surface area contributed by atoms with E-state index in [1.807, 2.05) is 25.1 Å². The summed E-state index contributed by atoms with van der Waals surface area (Å²) in [7, 11) is 0. The van der Waals surface area contributed by atoms with E-state index in [2.05, 4.69) is 15.9 Å². The summed E-state index contributed by atoms with van der Waals surface area (Å²) < 4.78 is 14.4. The molecule has 2 rings (SSSR count). The normalized spacial score (nSPS) is 12.5. The number of hydrogen-bond acceptors (Lipinski definition) is 1. The molecule has 2 aromatic carbocycles. The monoisotopic (exact) mass is 341 g/mol. The Hall–Kier alpha value is -0.900. The molecule has 100 valence electrons. The molecule has 1 nitrogen and oxygen atoms in total. The van der Waals surface area contributed by atoms with Gasteiger partial charge in [-0.3, -0.25) is 0 Å². The molecule has 1 unspecified atom stereocenters. The fourth-order valence-corrected chi connectivity index (χ4v) is 2.41. The molecule has 0 amide bonds. The molecule has 0 heterocycles. The first kappa shape index (κ1) is 14.5. The molecule has 0 radical (unpaired) electrons. The minimum atomic E-state index is -0.404. The topological polar surface area (TPSA) is 26.0 Å². The lowest BCUT2D eigenvalue weighted by molar-refractivity contribution is 0.622. The molecule has 2 aromatic rings. The molecule has 0 fully saturated rings. The Morgan fingerprint density at radius 1 is 1.32 bits per heavy atom. The molecule has 19 heavy (non-hydrogen) atoms. The van der Waals surface area contributed by atoms with Crippen LogP contribution in [0.2, 0.25) is 5.02 Å². The lowest BCUT2D eigenvalue weighted by Gasteiger charge is -2.14. The second kappa shape index (κ2) is 6.04. The zero-order valence-electron chi connectivity index (χ0n) is 10.5. The van der Waals surface area contributed by atoms with Gasteiger partial charge >= 0.3 is 0 Å². The summed E-state index contributed by atoms with van der Waals surface area (Å²) in [5.41, 5.74) is 9.04. The summed E-state index contributed by atoms with van der Waals surface area (Å²) in [6.07, 6.45) is 0.512. The van der Waals surface area contributed by atoms with Crippen molar-refractivity contribution in [1.82, 2.24) is 0 Å². The Bertz CT molecular complexity index is 601. The Kier molecular flexibility index (Phi) is 4.61. The van der Waals surface area contributed by atoms with Gasteiger partial charge in [0.1, 0.15) is 5.82 Å². The highest BCUT2D eigenvalue weighted by atomic mass is 79.9. The highest BCUT2D eigenvalue weighted by molar-refractivity contribution is 9.10. The third-order valence-electron chi connectivity index (χ3n) is 3.08. The third-order valence-corrected chi connectivity index (χ3v) is 4.39. The highest BCUT2D eigenvalue weighted by Gasteiger charge is 2.12. The van der Waals surface area contributed by atoms with E-state index >= 15 is 0 Å². The van der Waals surface area contributed by atoms with E-state index in [9.17, 15) is 4.39 Å². The Balaban J connectivity index is 2.23. The van der Waals surface area contributed by atoms with E-state index in [4.69, 9.17) is 17.3 Å². The van der Waals surface area contributed by atoms with Gasteiger partial charge in [-0.1, -0.05) is 51.8 Å². The van der Waals surface area contributed by atoms with Crippen LogP contribution in [-0.2, 0) is 6.42 Å². The maximum Gasteiger partial charge on any atom is 0.142 e. The molecule has 0 aliphatic carbocycles. The van der Waals surface area contributed by atoms with Crippen LogP contribution in [-0.4, -0.2) is 0 Å². The van der Waals surface area contributed by atoms with Crippen LogP contribution in [0.5, 0.6) is 0 Å². The van der Waals surface area contributed by atoms with E-state index in [0.29, 0.717) is 6.42 Å². The Labute approximate surface area is 125 Å².